The number of aliphatic hydroxyl groups is 1. The van der Waals surface area contributed by atoms with E-state index >= 15 is 0 Å². The number of rotatable bonds is 4. The van der Waals surface area contributed by atoms with Crippen molar-refractivity contribution >= 4 is 11.7 Å². The summed E-state index contributed by atoms with van der Waals surface area (Å²) < 4.78 is 5.16. The van der Waals surface area contributed by atoms with E-state index in [1.54, 1.807) is 4.90 Å². The second-order valence-electron chi connectivity index (χ2n) is 3.70. The summed E-state index contributed by atoms with van der Waals surface area (Å²) in [6, 6.07) is -0.252. The molecule has 0 aromatic carbocycles. The number of carbonyl (C=O) groups is 2. The number of ether oxygens (including phenoxy) is 1. The highest BCUT2D eigenvalue weighted by molar-refractivity contribution is 5.83. The van der Waals surface area contributed by atoms with Crippen molar-refractivity contribution in [2.75, 3.05) is 26.4 Å². The summed E-state index contributed by atoms with van der Waals surface area (Å²) in [5.74, 6) is -0.0651. The molecule has 1 amide bonds. The van der Waals surface area contributed by atoms with Crippen LogP contribution >= 0.6 is 0 Å². The van der Waals surface area contributed by atoms with Crippen LogP contribution in [0, 0.1) is 0 Å². The second kappa shape index (κ2) is 5.82. The van der Waals surface area contributed by atoms with Gasteiger partial charge in [0.25, 0.3) is 0 Å². The van der Waals surface area contributed by atoms with E-state index in [1.807, 2.05) is 0 Å². The van der Waals surface area contributed by atoms with E-state index in [4.69, 9.17) is 9.84 Å². The van der Waals surface area contributed by atoms with E-state index in [-0.39, 0.29) is 37.2 Å². The summed E-state index contributed by atoms with van der Waals surface area (Å²) in [5, 5.41) is 9.05. The maximum Gasteiger partial charge on any atom is 0.223 e. The van der Waals surface area contributed by atoms with Crippen LogP contribution in [0.1, 0.15) is 19.8 Å². The second-order valence-corrected chi connectivity index (χ2v) is 3.70. The Morgan fingerprint density at radius 1 is 1.47 bits per heavy atom. The van der Waals surface area contributed by atoms with Gasteiger partial charge in [-0.3, -0.25) is 4.79 Å². The van der Waals surface area contributed by atoms with Crippen molar-refractivity contribution in [3.8, 4) is 0 Å². The van der Waals surface area contributed by atoms with Gasteiger partial charge in [0.1, 0.15) is 5.78 Å². The van der Waals surface area contributed by atoms with Crippen molar-refractivity contribution in [2.24, 2.45) is 0 Å². The average molecular weight is 215 g/mol. The molecule has 0 bridgehead atoms. The number of ketones is 1. The summed E-state index contributed by atoms with van der Waals surface area (Å²) in [6.45, 7) is 2.76. The molecule has 1 N–H and O–H groups in total. The van der Waals surface area contributed by atoms with Gasteiger partial charge in [-0.25, -0.2) is 0 Å². The monoisotopic (exact) mass is 215 g/mol. The molecule has 5 nitrogen and oxygen atoms in total. The lowest BCUT2D eigenvalue weighted by atomic mass is 10.1. The van der Waals surface area contributed by atoms with Crippen LogP contribution in [0.15, 0.2) is 0 Å². The quantitative estimate of drug-likeness (QED) is 0.691. The molecule has 1 heterocycles. The highest BCUT2D eigenvalue weighted by Gasteiger charge is 2.26. The van der Waals surface area contributed by atoms with Gasteiger partial charge in [-0.15, -0.1) is 0 Å². The van der Waals surface area contributed by atoms with E-state index < -0.39 is 0 Å². The zero-order valence-electron chi connectivity index (χ0n) is 8.94. The Hall–Kier alpha value is -0.940. The predicted molar refractivity (Wildman–Crippen MR) is 53.3 cm³/mol. The fourth-order valence-electron chi connectivity index (χ4n) is 1.56. The molecular formula is C10H17NO4. The van der Waals surface area contributed by atoms with Gasteiger partial charge in [-0.2, -0.15) is 0 Å². The summed E-state index contributed by atoms with van der Waals surface area (Å²) in [4.78, 5) is 24.0. The Morgan fingerprint density at radius 3 is 2.80 bits per heavy atom. The molecule has 0 aliphatic carbocycles. The van der Waals surface area contributed by atoms with Gasteiger partial charge in [0.2, 0.25) is 5.91 Å². The van der Waals surface area contributed by atoms with E-state index in [0.717, 1.165) is 0 Å². The molecule has 0 aromatic heterocycles. The van der Waals surface area contributed by atoms with Crippen LogP contribution < -0.4 is 0 Å². The van der Waals surface area contributed by atoms with Crippen molar-refractivity contribution < 1.29 is 19.4 Å². The fourth-order valence-corrected chi connectivity index (χ4v) is 1.56. The summed E-state index contributed by atoms with van der Waals surface area (Å²) >= 11 is 0. The van der Waals surface area contributed by atoms with Crippen molar-refractivity contribution in [1.82, 2.24) is 4.90 Å². The maximum atomic E-state index is 11.7. The normalized spacial score (nSPS) is 21.5. The van der Waals surface area contributed by atoms with Crippen LogP contribution in [0.3, 0.4) is 0 Å². The van der Waals surface area contributed by atoms with Gasteiger partial charge in [-0.05, 0) is 6.92 Å². The average Bonchev–Trinajstić information content (AvgIpc) is 2.25. The lowest BCUT2D eigenvalue weighted by Gasteiger charge is -2.34. The van der Waals surface area contributed by atoms with Gasteiger partial charge in [0.05, 0.1) is 25.9 Å². The number of Topliss-reactive ketones (excluding diaryl/α,β-unsaturated/α-hetero) is 1. The van der Waals surface area contributed by atoms with Gasteiger partial charge >= 0.3 is 0 Å². The van der Waals surface area contributed by atoms with E-state index in [2.05, 4.69) is 0 Å². The highest BCUT2D eigenvalue weighted by atomic mass is 16.5. The number of amides is 1. The largest absolute Gasteiger partial charge is 0.394 e. The Bertz CT molecular complexity index is 242. The fraction of sp³-hybridized carbons (Fsp3) is 0.800. The molecule has 5 heteroatoms. The molecule has 0 spiro atoms. The van der Waals surface area contributed by atoms with Crippen LogP contribution in [0.2, 0.25) is 0 Å². The van der Waals surface area contributed by atoms with Crippen LogP contribution in [0.25, 0.3) is 0 Å². The third-order valence-corrected chi connectivity index (χ3v) is 2.45. The molecular weight excluding hydrogens is 198 g/mol. The number of carbonyl (C=O) groups excluding carboxylic acids is 2. The van der Waals surface area contributed by atoms with Crippen LogP contribution in [-0.2, 0) is 14.3 Å². The summed E-state index contributed by atoms with van der Waals surface area (Å²) in [5.41, 5.74) is 0. The molecule has 1 fully saturated rings. The first-order chi connectivity index (χ1) is 7.15. The van der Waals surface area contributed by atoms with Crippen molar-refractivity contribution in [3.05, 3.63) is 0 Å². The number of hydrogen-bond acceptors (Lipinski definition) is 4. The standard InChI is InChI=1S/C10H17NO4/c1-8(13)2-3-10(14)11-4-5-15-7-9(11)6-12/h9,12H,2-7H2,1H3. The first-order valence-corrected chi connectivity index (χ1v) is 5.12. The zero-order chi connectivity index (χ0) is 11.3. The topological polar surface area (TPSA) is 66.8 Å². The Kier molecular flexibility index (Phi) is 4.71. The van der Waals surface area contributed by atoms with Crippen LogP contribution in [-0.4, -0.2) is 54.1 Å². The molecule has 1 aliphatic rings. The number of hydrogen-bond donors (Lipinski definition) is 1. The van der Waals surface area contributed by atoms with Crippen LogP contribution in [0.4, 0.5) is 0 Å². The van der Waals surface area contributed by atoms with E-state index in [0.29, 0.717) is 19.8 Å². The van der Waals surface area contributed by atoms with Crippen molar-refractivity contribution in [1.29, 1.82) is 0 Å². The zero-order valence-corrected chi connectivity index (χ0v) is 8.94. The number of aliphatic hydroxyl groups excluding tert-OH is 1. The third-order valence-electron chi connectivity index (χ3n) is 2.45. The minimum absolute atomic E-state index is 0.0113. The molecule has 1 aliphatic heterocycles. The van der Waals surface area contributed by atoms with Gasteiger partial charge in [0.15, 0.2) is 0 Å². The summed E-state index contributed by atoms with van der Waals surface area (Å²) in [7, 11) is 0. The molecule has 15 heavy (non-hydrogen) atoms. The third kappa shape index (κ3) is 3.60. The van der Waals surface area contributed by atoms with Gasteiger partial charge < -0.3 is 19.5 Å². The smallest absolute Gasteiger partial charge is 0.223 e. The molecule has 1 atom stereocenters. The Labute approximate surface area is 89.0 Å². The van der Waals surface area contributed by atoms with E-state index in [9.17, 15) is 9.59 Å². The molecule has 1 rings (SSSR count). The van der Waals surface area contributed by atoms with Crippen LogP contribution in [0.5, 0.6) is 0 Å². The number of morpholine rings is 1. The Morgan fingerprint density at radius 2 is 2.20 bits per heavy atom. The molecule has 0 radical (unpaired) electrons. The lowest BCUT2D eigenvalue weighted by Crippen LogP contribution is -2.50. The predicted octanol–water partition coefficient (Wildman–Crippen LogP) is -0.425. The highest BCUT2D eigenvalue weighted by Crippen LogP contribution is 2.09. The minimum Gasteiger partial charge on any atom is -0.394 e. The first-order valence-electron chi connectivity index (χ1n) is 5.12. The van der Waals surface area contributed by atoms with Gasteiger partial charge in [0, 0.05) is 19.4 Å². The van der Waals surface area contributed by atoms with Gasteiger partial charge in [-0.1, -0.05) is 0 Å². The molecule has 0 aromatic rings. The number of nitrogens with zero attached hydrogens (tertiary/aromatic N) is 1. The molecule has 0 saturated carbocycles. The van der Waals surface area contributed by atoms with Crippen molar-refractivity contribution in [2.45, 2.75) is 25.8 Å². The molecule has 86 valence electrons. The Balaban J connectivity index is 2.44. The summed E-state index contributed by atoms with van der Waals surface area (Å²) in [6.07, 6.45) is 0.500. The SMILES string of the molecule is CC(=O)CCC(=O)N1CCOCC1CO. The lowest BCUT2D eigenvalue weighted by molar-refractivity contribution is -0.142. The maximum absolute atomic E-state index is 11.7. The first kappa shape index (κ1) is 12.1. The molecule has 1 saturated heterocycles. The van der Waals surface area contributed by atoms with Crippen molar-refractivity contribution in [3.63, 3.8) is 0 Å². The minimum atomic E-state index is -0.252. The molecule has 1 unspecified atom stereocenters. The van der Waals surface area contributed by atoms with E-state index in [1.165, 1.54) is 6.92 Å².